The van der Waals surface area contributed by atoms with Crippen LogP contribution in [0.3, 0.4) is 0 Å². The molecule has 6 N–H and O–H groups in total. The number of carbonyl (C=O) groups is 7. The van der Waals surface area contributed by atoms with Crippen LogP contribution in [-0.4, -0.2) is 107 Å². The predicted octanol–water partition coefficient (Wildman–Crippen LogP) is 0.150. The van der Waals surface area contributed by atoms with E-state index in [1.807, 2.05) is 0 Å². The van der Waals surface area contributed by atoms with E-state index in [0.29, 0.717) is 70.9 Å². The highest BCUT2D eigenvalue weighted by Crippen LogP contribution is 2.17. The first kappa shape index (κ1) is 41.4. The van der Waals surface area contributed by atoms with Crippen LogP contribution in [0.15, 0.2) is 0 Å². The zero-order chi connectivity index (χ0) is 34.0. The van der Waals surface area contributed by atoms with Gasteiger partial charge in [0.15, 0.2) is 0 Å². The van der Waals surface area contributed by atoms with Gasteiger partial charge in [0.1, 0.15) is 5.78 Å². The number of hydrogen-bond donors (Lipinski definition) is 6. The smallest absolute Gasteiger partial charge is 0.237 e. The molecule has 6 amide bonds. The Bertz CT molecular complexity index is 927. The Labute approximate surface area is 268 Å². The highest BCUT2D eigenvalue weighted by atomic mass is 16.2. The average molecular weight is 640 g/mol. The van der Waals surface area contributed by atoms with Crippen LogP contribution in [0.2, 0.25) is 0 Å². The van der Waals surface area contributed by atoms with Crippen LogP contribution in [0.25, 0.3) is 0 Å². The number of nitrogens with one attached hydrogen (secondary N) is 6. The van der Waals surface area contributed by atoms with Crippen molar-refractivity contribution < 1.29 is 33.6 Å². The first-order valence-corrected chi connectivity index (χ1v) is 16.1. The molecule has 0 aliphatic heterocycles. The second-order valence-corrected chi connectivity index (χ2v) is 11.2. The fourth-order valence-electron chi connectivity index (χ4n) is 4.84. The van der Waals surface area contributed by atoms with E-state index in [9.17, 15) is 33.6 Å². The van der Waals surface area contributed by atoms with Gasteiger partial charge < -0.3 is 31.9 Å². The molecule has 0 radical (unpaired) electrons. The van der Waals surface area contributed by atoms with E-state index < -0.39 is 12.0 Å². The monoisotopic (exact) mass is 639 g/mol. The molecule has 0 aromatic heterocycles. The highest BCUT2D eigenvalue weighted by Gasteiger charge is 2.28. The number of likely N-dealkylation sites (N-methyl/N-ethyl adjacent to an activating group) is 3. The number of Topliss-reactive ketones (excluding diaryl/α,β-unsaturated/α-hetero) is 1. The summed E-state index contributed by atoms with van der Waals surface area (Å²) in [5, 5.41) is 15.9. The van der Waals surface area contributed by atoms with E-state index >= 15 is 0 Å². The zero-order valence-corrected chi connectivity index (χ0v) is 28.0. The van der Waals surface area contributed by atoms with E-state index in [2.05, 4.69) is 31.9 Å². The van der Waals surface area contributed by atoms with Gasteiger partial charge in [0.2, 0.25) is 35.4 Å². The molecule has 0 saturated heterocycles. The van der Waals surface area contributed by atoms with Gasteiger partial charge in [0.25, 0.3) is 0 Å². The molecule has 0 heterocycles. The van der Waals surface area contributed by atoms with E-state index in [4.69, 9.17) is 0 Å². The van der Waals surface area contributed by atoms with Crippen molar-refractivity contribution in [2.45, 2.75) is 96.4 Å². The Morgan fingerprint density at radius 3 is 1.62 bits per heavy atom. The summed E-state index contributed by atoms with van der Waals surface area (Å²) in [7, 11) is 6.08. The number of unbranched alkanes of at least 4 members (excludes halogenated alkanes) is 5. The third kappa shape index (κ3) is 20.9. The van der Waals surface area contributed by atoms with Crippen molar-refractivity contribution >= 4 is 41.2 Å². The van der Waals surface area contributed by atoms with Crippen molar-refractivity contribution in [1.82, 2.24) is 36.8 Å². The third-order valence-corrected chi connectivity index (χ3v) is 7.53. The van der Waals surface area contributed by atoms with Crippen molar-refractivity contribution in [3.8, 4) is 0 Å². The molecular formula is C31H57N7O7. The van der Waals surface area contributed by atoms with Crippen molar-refractivity contribution in [2.24, 2.45) is 5.92 Å². The molecule has 0 spiro atoms. The number of hydrogen-bond acceptors (Lipinski definition) is 8. The van der Waals surface area contributed by atoms with Crippen LogP contribution in [0.4, 0.5) is 0 Å². The van der Waals surface area contributed by atoms with Crippen LogP contribution >= 0.6 is 0 Å². The van der Waals surface area contributed by atoms with E-state index in [0.717, 1.165) is 19.3 Å². The number of nitrogens with zero attached hydrogens (tertiary/aromatic N) is 1. The SMILES string of the molecule is CNC(=O)CCCCCCC(=O)CC(CCCCNC(C)=O)C(=O)NCCCC[C@@H](C(=O)NC)N(CC(=O)NC)CC(=O)NC. The van der Waals surface area contributed by atoms with Crippen LogP contribution in [0.5, 0.6) is 0 Å². The molecule has 258 valence electrons. The number of rotatable bonds is 26. The molecule has 0 aliphatic rings. The lowest BCUT2D eigenvalue weighted by Crippen LogP contribution is -2.52. The molecule has 0 rings (SSSR count). The third-order valence-electron chi connectivity index (χ3n) is 7.53. The van der Waals surface area contributed by atoms with Gasteiger partial charge in [-0.05, 0) is 44.9 Å². The average Bonchev–Trinajstić information content (AvgIpc) is 3.02. The molecular weight excluding hydrogens is 582 g/mol. The Hall–Kier alpha value is -3.55. The molecule has 0 bridgehead atoms. The van der Waals surface area contributed by atoms with Crippen molar-refractivity contribution in [2.75, 3.05) is 54.4 Å². The van der Waals surface area contributed by atoms with Gasteiger partial charge >= 0.3 is 0 Å². The summed E-state index contributed by atoms with van der Waals surface area (Å²) >= 11 is 0. The van der Waals surface area contributed by atoms with Gasteiger partial charge in [-0.25, -0.2) is 0 Å². The summed E-state index contributed by atoms with van der Waals surface area (Å²) < 4.78 is 0. The Morgan fingerprint density at radius 1 is 0.556 bits per heavy atom. The van der Waals surface area contributed by atoms with Crippen molar-refractivity contribution in [3.63, 3.8) is 0 Å². The van der Waals surface area contributed by atoms with Crippen LogP contribution in [0, 0.1) is 5.92 Å². The van der Waals surface area contributed by atoms with E-state index in [-0.39, 0.29) is 60.7 Å². The van der Waals surface area contributed by atoms with Gasteiger partial charge in [0.05, 0.1) is 19.1 Å². The van der Waals surface area contributed by atoms with Crippen LogP contribution < -0.4 is 31.9 Å². The molecule has 2 atom stereocenters. The highest BCUT2D eigenvalue weighted by molar-refractivity contribution is 5.87. The van der Waals surface area contributed by atoms with Gasteiger partial charge in [-0.1, -0.05) is 19.3 Å². The summed E-state index contributed by atoms with van der Waals surface area (Å²) in [6.07, 6.45) is 7.61. The number of amides is 6. The summed E-state index contributed by atoms with van der Waals surface area (Å²) in [5.41, 5.74) is 0. The molecule has 0 fully saturated rings. The summed E-state index contributed by atoms with van der Waals surface area (Å²) in [4.78, 5) is 86.6. The van der Waals surface area contributed by atoms with E-state index in [1.165, 1.54) is 33.0 Å². The van der Waals surface area contributed by atoms with Crippen molar-refractivity contribution in [1.29, 1.82) is 0 Å². The van der Waals surface area contributed by atoms with Crippen molar-refractivity contribution in [3.05, 3.63) is 0 Å². The molecule has 14 heteroatoms. The Kier molecular flexibility index (Phi) is 23.7. The predicted molar refractivity (Wildman–Crippen MR) is 172 cm³/mol. The molecule has 0 saturated carbocycles. The van der Waals surface area contributed by atoms with Gasteiger partial charge in [-0.15, -0.1) is 0 Å². The topological polar surface area (TPSA) is 195 Å². The van der Waals surface area contributed by atoms with E-state index in [1.54, 1.807) is 7.05 Å². The van der Waals surface area contributed by atoms with Crippen LogP contribution in [0.1, 0.15) is 90.4 Å². The Morgan fingerprint density at radius 2 is 1.09 bits per heavy atom. The first-order valence-electron chi connectivity index (χ1n) is 16.1. The second-order valence-electron chi connectivity index (χ2n) is 11.2. The minimum atomic E-state index is -0.710. The summed E-state index contributed by atoms with van der Waals surface area (Å²) in [6, 6.07) is -0.710. The molecule has 0 aliphatic carbocycles. The van der Waals surface area contributed by atoms with Gasteiger partial charge in [-0.2, -0.15) is 0 Å². The maximum Gasteiger partial charge on any atom is 0.237 e. The quantitative estimate of drug-likeness (QED) is 0.0720. The molecule has 0 aromatic rings. The molecule has 14 nitrogen and oxygen atoms in total. The summed E-state index contributed by atoms with van der Waals surface area (Å²) in [5.74, 6) is -1.69. The molecule has 45 heavy (non-hydrogen) atoms. The second kappa shape index (κ2) is 25.7. The lowest BCUT2D eigenvalue weighted by molar-refractivity contribution is -0.131. The maximum absolute atomic E-state index is 13.1. The molecule has 1 unspecified atom stereocenters. The zero-order valence-electron chi connectivity index (χ0n) is 28.0. The first-order chi connectivity index (χ1) is 21.5. The van der Waals surface area contributed by atoms with Gasteiger partial charge in [-0.3, -0.25) is 38.5 Å². The minimum absolute atomic E-state index is 0.00806. The number of carbonyl (C=O) groups excluding carboxylic acids is 7. The molecule has 0 aromatic carbocycles. The maximum atomic E-state index is 13.1. The minimum Gasteiger partial charge on any atom is -0.359 e. The standard InChI is InChI=1S/C31H57N7O7/c1-23(39)36-18-12-10-14-24(20-25(40)15-8-6-7-9-17-27(41)32-2)30(44)37-19-13-11-16-26(31(45)35-5)38(21-28(42)33-3)22-29(43)34-4/h24,26H,6-22H2,1-5H3,(H,32,41)(H,33,42)(H,34,43)(H,35,45)(H,36,39)(H,37,44)/t24?,26-/m0/s1. The fourth-order valence-corrected chi connectivity index (χ4v) is 4.84. The largest absolute Gasteiger partial charge is 0.359 e. The summed E-state index contributed by atoms with van der Waals surface area (Å²) in [6.45, 7) is 2.08. The van der Waals surface area contributed by atoms with Gasteiger partial charge in [0, 0.05) is 73.4 Å². The number of ketones is 1. The lowest BCUT2D eigenvalue weighted by Gasteiger charge is -2.29. The fraction of sp³-hybridized carbons (Fsp3) is 0.774. The Balaban J connectivity index is 5.00. The van der Waals surface area contributed by atoms with Crippen LogP contribution in [-0.2, 0) is 33.6 Å². The lowest BCUT2D eigenvalue weighted by atomic mass is 9.93. The normalized spacial score (nSPS) is 12.0.